The number of hydrogen-bond acceptors (Lipinski definition) is 6. The van der Waals surface area contributed by atoms with Crippen LogP contribution >= 0.6 is 0 Å². The van der Waals surface area contributed by atoms with E-state index in [9.17, 15) is 28.3 Å². The number of aliphatic hydroxyl groups excluding tert-OH is 1. The van der Waals surface area contributed by atoms with Gasteiger partial charge in [-0.2, -0.15) is 0 Å². The number of benzene rings is 3. The van der Waals surface area contributed by atoms with Gasteiger partial charge in [0.2, 0.25) is 0 Å². The van der Waals surface area contributed by atoms with Gasteiger partial charge < -0.3 is 25.4 Å². The number of nitrogens with zero attached hydrogens (tertiary/aromatic N) is 1. The molecular formula is C34H41F2N3O5. The number of rotatable bonds is 15. The summed E-state index contributed by atoms with van der Waals surface area (Å²) in [6.45, 7) is 7.38. The molecule has 8 nitrogen and oxygen atoms in total. The van der Waals surface area contributed by atoms with Crippen molar-refractivity contribution in [1.82, 2.24) is 15.5 Å². The lowest BCUT2D eigenvalue weighted by Crippen LogP contribution is -2.48. The van der Waals surface area contributed by atoms with Gasteiger partial charge in [0, 0.05) is 43.4 Å². The monoisotopic (exact) mass is 609 g/mol. The lowest BCUT2D eigenvalue weighted by atomic mass is 9.99. The molecule has 3 aromatic rings. The number of aryl methyl sites for hydroxylation is 1. The molecule has 44 heavy (non-hydrogen) atoms. The number of hydrogen-bond donors (Lipinski definition) is 3. The summed E-state index contributed by atoms with van der Waals surface area (Å²) in [6, 6.07) is 13.8. The molecule has 3 aromatic carbocycles. The molecule has 0 heterocycles. The third-order valence-corrected chi connectivity index (χ3v) is 7.08. The molecule has 0 saturated carbocycles. The zero-order valence-electron chi connectivity index (χ0n) is 25.7. The van der Waals surface area contributed by atoms with E-state index in [4.69, 9.17) is 4.74 Å². The predicted molar refractivity (Wildman–Crippen MR) is 164 cm³/mol. The van der Waals surface area contributed by atoms with E-state index in [1.807, 2.05) is 13.8 Å². The van der Waals surface area contributed by atoms with Gasteiger partial charge in [0.15, 0.2) is 0 Å². The number of aliphatic hydroxyl groups is 1. The number of methoxy groups -OCH3 is 1. The van der Waals surface area contributed by atoms with Crippen molar-refractivity contribution in [1.29, 1.82) is 0 Å². The average molecular weight is 610 g/mol. The van der Waals surface area contributed by atoms with Crippen LogP contribution in [-0.2, 0) is 17.7 Å². The minimum atomic E-state index is -1.14. The van der Waals surface area contributed by atoms with Crippen LogP contribution in [-0.4, -0.2) is 66.7 Å². The van der Waals surface area contributed by atoms with Crippen molar-refractivity contribution in [3.05, 3.63) is 106 Å². The zero-order chi connectivity index (χ0) is 32.2. The van der Waals surface area contributed by atoms with Crippen molar-refractivity contribution in [2.75, 3.05) is 26.7 Å². The molecule has 0 unspecified atom stereocenters. The Morgan fingerprint density at radius 3 is 2.07 bits per heavy atom. The topological polar surface area (TPSA) is 108 Å². The third-order valence-electron chi connectivity index (χ3n) is 7.08. The number of carbonyl (C=O) groups excluding carboxylic acids is 3. The van der Waals surface area contributed by atoms with Crippen LogP contribution in [0.15, 0.2) is 60.7 Å². The predicted octanol–water partition coefficient (Wildman–Crippen LogP) is 4.81. The highest BCUT2D eigenvalue weighted by atomic mass is 19.1. The second-order valence-corrected chi connectivity index (χ2v) is 10.8. The summed E-state index contributed by atoms with van der Waals surface area (Å²) < 4.78 is 32.7. The molecule has 0 aliphatic heterocycles. The standard InChI is InChI=1S/C34H41F2N3O5/c1-5-11-39(12-6-2)33(42)27-14-22(3)13-26(18-27)32(41)38-30(17-24-15-28(35)19-29(36)16-24)31(40)21-37-20-23-7-9-25(10-8-23)34(43)44-4/h7-10,13-16,18-19,30-31,37,40H,5-6,11-12,17,20-21H2,1-4H3,(H,38,41)/t30-,31+/m0/s1. The molecule has 10 heteroatoms. The highest BCUT2D eigenvalue weighted by Crippen LogP contribution is 2.16. The van der Waals surface area contributed by atoms with Crippen LogP contribution in [0, 0.1) is 18.6 Å². The van der Waals surface area contributed by atoms with Gasteiger partial charge in [-0.3, -0.25) is 9.59 Å². The number of halogens is 2. The van der Waals surface area contributed by atoms with Gasteiger partial charge in [-0.15, -0.1) is 0 Å². The van der Waals surface area contributed by atoms with Crippen LogP contribution in [0.2, 0.25) is 0 Å². The quantitative estimate of drug-likeness (QED) is 0.214. The lowest BCUT2D eigenvalue weighted by molar-refractivity contribution is 0.0600. The minimum absolute atomic E-state index is 0.0437. The van der Waals surface area contributed by atoms with Gasteiger partial charge in [-0.25, -0.2) is 13.6 Å². The van der Waals surface area contributed by atoms with Crippen molar-refractivity contribution in [3.63, 3.8) is 0 Å². The molecule has 2 amide bonds. The first-order valence-corrected chi connectivity index (χ1v) is 14.8. The highest BCUT2D eigenvalue weighted by molar-refractivity contribution is 6.00. The molecule has 3 N–H and O–H groups in total. The molecule has 0 spiro atoms. The molecule has 236 valence electrons. The zero-order valence-corrected chi connectivity index (χ0v) is 25.7. The first-order chi connectivity index (χ1) is 21.0. The maximum atomic E-state index is 14.0. The van der Waals surface area contributed by atoms with E-state index >= 15 is 0 Å². The number of esters is 1. The van der Waals surface area contributed by atoms with E-state index in [0.29, 0.717) is 30.8 Å². The highest BCUT2D eigenvalue weighted by Gasteiger charge is 2.24. The first kappa shape index (κ1) is 34.3. The summed E-state index contributed by atoms with van der Waals surface area (Å²) in [5.74, 6) is -2.67. The van der Waals surface area contributed by atoms with Crippen LogP contribution in [0.4, 0.5) is 8.78 Å². The maximum absolute atomic E-state index is 14.0. The molecular weight excluding hydrogens is 568 g/mol. The number of ether oxygens (including phenoxy) is 1. The fraction of sp³-hybridized carbons (Fsp3) is 0.382. The Morgan fingerprint density at radius 1 is 0.864 bits per heavy atom. The summed E-state index contributed by atoms with van der Waals surface area (Å²) in [5.41, 5.74) is 2.86. The minimum Gasteiger partial charge on any atom is -0.465 e. The van der Waals surface area contributed by atoms with Crippen LogP contribution in [0.25, 0.3) is 0 Å². The molecule has 2 atom stereocenters. The van der Waals surface area contributed by atoms with Crippen LogP contribution < -0.4 is 10.6 Å². The summed E-state index contributed by atoms with van der Waals surface area (Å²) in [6.07, 6.45) is 0.418. The number of carbonyl (C=O) groups is 3. The molecule has 0 bridgehead atoms. The Kier molecular flexibility index (Phi) is 13.0. The Balaban J connectivity index is 1.78. The van der Waals surface area contributed by atoms with E-state index in [1.165, 1.54) is 13.2 Å². The number of amides is 2. The Morgan fingerprint density at radius 2 is 1.48 bits per heavy atom. The molecule has 0 aliphatic carbocycles. The molecule has 0 fully saturated rings. The van der Waals surface area contributed by atoms with Gasteiger partial charge in [0.1, 0.15) is 11.6 Å². The average Bonchev–Trinajstić information content (AvgIpc) is 2.99. The number of nitrogens with one attached hydrogen (secondary N) is 2. The van der Waals surface area contributed by atoms with Gasteiger partial charge in [-0.1, -0.05) is 26.0 Å². The van der Waals surface area contributed by atoms with Crippen molar-refractivity contribution in [2.45, 2.75) is 58.7 Å². The molecule has 0 aliphatic rings. The molecule has 0 aromatic heterocycles. The molecule has 0 saturated heterocycles. The van der Waals surface area contributed by atoms with Crippen LogP contribution in [0.5, 0.6) is 0 Å². The van der Waals surface area contributed by atoms with Gasteiger partial charge in [0.05, 0.1) is 24.8 Å². The lowest BCUT2D eigenvalue weighted by Gasteiger charge is -2.25. The van der Waals surface area contributed by atoms with Gasteiger partial charge in [0.25, 0.3) is 11.8 Å². The fourth-order valence-corrected chi connectivity index (χ4v) is 4.98. The van der Waals surface area contributed by atoms with Crippen molar-refractivity contribution < 1.29 is 33.0 Å². The Bertz CT molecular complexity index is 1400. The largest absolute Gasteiger partial charge is 0.465 e. The summed E-state index contributed by atoms with van der Waals surface area (Å²) >= 11 is 0. The smallest absolute Gasteiger partial charge is 0.337 e. The molecule has 3 rings (SSSR count). The van der Waals surface area contributed by atoms with E-state index in [-0.39, 0.29) is 30.0 Å². The maximum Gasteiger partial charge on any atom is 0.337 e. The summed E-state index contributed by atoms with van der Waals surface area (Å²) in [7, 11) is 1.30. The van der Waals surface area contributed by atoms with Crippen LogP contribution in [0.1, 0.15) is 74.5 Å². The van der Waals surface area contributed by atoms with E-state index in [0.717, 1.165) is 42.2 Å². The second-order valence-electron chi connectivity index (χ2n) is 10.8. The normalized spacial score (nSPS) is 12.3. The fourth-order valence-electron chi connectivity index (χ4n) is 4.98. The Hall–Kier alpha value is -4.15. The second kappa shape index (κ2) is 16.6. The summed E-state index contributed by atoms with van der Waals surface area (Å²) in [5, 5.41) is 17.1. The van der Waals surface area contributed by atoms with E-state index in [2.05, 4.69) is 10.6 Å². The molecule has 0 radical (unpaired) electrons. The Labute approximate surface area is 257 Å². The van der Waals surface area contributed by atoms with Gasteiger partial charge in [-0.05, 0) is 85.3 Å². The van der Waals surface area contributed by atoms with E-state index < -0.39 is 35.7 Å². The van der Waals surface area contributed by atoms with Gasteiger partial charge >= 0.3 is 5.97 Å². The van der Waals surface area contributed by atoms with E-state index in [1.54, 1.807) is 48.2 Å². The third kappa shape index (κ3) is 9.96. The van der Waals surface area contributed by atoms with Crippen LogP contribution in [0.3, 0.4) is 0 Å². The van der Waals surface area contributed by atoms with Crippen molar-refractivity contribution in [2.24, 2.45) is 0 Å². The summed E-state index contributed by atoms with van der Waals surface area (Å²) in [4.78, 5) is 40.2. The SMILES string of the molecule is CCCN(CCC)C(=O)c1cc(C)cc(C(=O)N[C@@H](Cc2cc(F)cc(F)c2)[C@H](O)CNCc2ccc(C(=O)OC)cc2)c1. The van der Waals surface area contributed by atoms with Crippen molar-refractivity contribution >= 4 is 17.8 Å². The van der Waals surface area contributed by atoms with Crippen molar-refractivity contribution in [3.8, 4) is 0 Å². The first-order valence-electron chi connectivity index (χ1n) is 14.8.